The van der Waals surface area contributed by atoms with E-state index in [1.807, 2.05) is 18.2 Å². The lowest BCUT2D eigenvalue weighted by Crippen LogP contribution is -2.60. The molecule has 1 heterocycles. The molecule has 0 bridgehead atoms. The van der Waals surface area contributed by atoms with Gasteiger partial charge in [0.05, 0.1) is 20.0 Å². The molecular weight excluding hydrogens is 464 g/mol. The Morgan fingerprint density at radius 2 is 1.74 bits per heavy atom. The molecular formula is C24H28O11. The molecule has 190 valence electrons. The number of carbonyl (C=O) groups is 1. The molecule has 6 atom stereocenters. The fourth-order valence-electron chi connectivity index (χ4n) is 3.40. The Bertz CT molecular complexity index is 1010. The summed E-state index contributed by atoms with van der Waals surface area (Å²) in [6.07, 6.45) is -4.78. The predicted molar refractivity (Wildman–Crippen MR) is 120 cm³/mol. The van der Waals surface area contributed by atoms with E-state index in [2.05, 4.69) is 0 Å². The summed E-state index contributed by atoms with van der Waals surface area (Å²) in [5.74, 6) is -3.58. The van der Waals surface area contributed by atoms with Crippen molar-refractivity contribution in [1.82, 2.24) is 0 Å². The van der Waals surface area contributed by atoms with Crippen molar-refractivity contribution in [3.63, 3.8) is 0 Å². The lowest BCUT2D eigenvalue weighted by atomic mass is 9.99. The number of methoxy groups -OCH3 is 2. The zero-order chi connectivity index (χ0) is 25.6. The zero-order valence-corrected chi connectivity index (χ0v) is 19.1. The fraction of sp³-hybridized carbons (Fsp3) is 0.375. The van der Waals surface area contributed by atoms with Gasteiger partial charge in [-0.15, -0.1) is 0 Å². The number of rotatable bonds is 9. The first-order valence-corrected chi connectivity index (χ1v) is 10.6. The van der Waals surface area contributed by atoms with E-state index in [0.29, 0.717) is 0 Å². The smallest absolute Gasteiger partial charge is 0.376 e. The number of aliphatic hydroxyl groups excluding tert-OH is 4. The Balaban J connectivity index is 1.78. The minimum Gasteiger partial charge on any atom is -0.493 e. The van der Waals surface area contributed by atoms with Crippen molar-refractivity contribution < 1.29 is 54.0 Å². The Kier molecular flexibility index (Phi) is 8.81. The van der Waals surface area contributed by atoms with Crippen molar-refractivity contribution in [1.29, 1.82) is 0 Å². The summed E-state index contributed by atoms with van der Waals surface area (Å²) >= 11 is 0. The molecule has 0 spiro atoms. The highest BCUT2D eigenvalue weighted by Crippen LogP contribution is 2.35. The van der Waals surface area contributed by atoms with Crippen molar-refractivity contribution in [2.45, 2.75) is 36.5 Å². The summed E-state index contributed by atoms with van der Waals surface area (Å²) < 4.78 is 26.3. The molecule has 11 heteroatoms. The molecule has 0 saturated carbocycles. The molecule has 0 amide bonds. The minimum atomic E-state index is -2.49. The van der Waals surface area contributed by atoms with Gasteiger partial charge in [0.25, 0.3) is 5.79 Å². The molecule has 2 aromatic carbocycles. The van der Waals surface area contributed by atoms with Gasteiger partial charge in [-0.25, -0.2) is 4.79 Å². The van der Waals surface area contributed by atoms with Crippen LogP contribution >= 0.6 is 0 Å². The zero-order valence-electron chi connectivity index (χ0n) is 19.1. The van der Waals surface area contributed by atoms with Crippen LogP contribution in [0.2, 0.25) is 0 Å². The Hall–Kier alpha value is -3.03. The van der Waals surface area contributed by atoms with Crippen molar-refractivity contribution in [2.24, 2.45) is 0 Å². The number of esters is 1. The lowest BCUT2D eigenvalue weighted by Gasteiger charge is -2.39. The SMILES string of the molecule is COc1cc([C@](O)(OC)C(=O)OC=Cc2ccccc2)ccc1O[C@@H]1O[C@H](CO)[C@@H](O)[C@@H](O)[C@H]1O. The third-order valence-corrected chi connectivity index (χ3v) is 5.45. The van der Waals surface area contributed by atoms with Gasteiger partial charge in [0.1, 0.15) is 24.4 Å². The molecule has 0 unspecified atom stereocenters. The number of ether oxygens (including phenoxy) is 5. The summed E-state index contributed by atoms with van der Waals surface area (Å²) in [6.45, 7) is -0.622. The molecule has 1 aliphatic heterocycles. The van der Waals surface area contributed by atoms with Crippen LogP contribution in [0.4, 0.5) is 0 Å². The third kappa shape index (κ3) is 5.80. The van der Waals surface area contributed by atoms with Crippen LogP contribution in [-0.4, -0.2) is 83.0 Å². The Labute approximate surface area is 201 Å². The van der Waals surface area contributed by atoms with Gasteiger partial charge in [0, 0.05) is 12.7 Å². The maximum absolute atomic E-state index is 12.6. The molecule has 5 N–H and O–H groups in total. The average molecular weight is 492 g/mol. The molecule has 1 aliphatic rings. The molecule has 11 nitrogen and oxygen atoms in total. The molecule has 35 heavy (non-hydrogen) atoms. The van der Waals surface area contributed by atoms with Crippen molar-refractivity contribution in [2.75, 3.05) is 20.8 Å². The van der Waals surface area contributed by atoms with Gasteiger partial charge in [0.2, 0.25) is 6.29 Å². The van der Waals surface area contributed by atoms with Crippen molar-refractivity contribution >= 4 is 12.0 Å². The van der Waals surface area contributed by atoms with Gasteiger partial charge in [-0.05, 0) is 29.8 Å². The number of hydrogen-bond donors (Lipinski definition) is 5. The summed E-state index contributed by atoms with van der Waals surface area (Å²) in [6, 6.07) is 12.9. The second-order valence-corrected chi connectivity index (χ2v) is 7.65. The number of benzene rings is 2. The lowest BCUT2D eigenvalue weighted by molar-refractivity contribution is -0.277. The number of hydrogen-bond acceptors (Lipinski definition) is 11. The topological polar surface area (TPSA) is 164 Å². The Morgan fingerprint density at radius 3 is 2.37 bits per heavy atom. The van der Waals surface area contributed by atoms with E-state index < -0.39 is 49.1 Å². The standard InChI is InChI=1S/C24H28O11/c1-31-17-12-15(24(30,32-2)23(29)33-11-10-14-6-4-3-5-7-14)8-9-16(17)34-22-21(28)20(27)19(26)18(13-25)35-22/h3-12,18-22,25-28,30H,13H2,1-2H3/t18-,19-,20-,21-,22-,24+/m1/s1. The first-order chi connectivity index (χ1) is 16.7. The van der Waals surface area contributed by atoms with Crippen LogP contribution in [0.1, 0.15) is 11.1 Å². The highest BCUT2D eigenvalue weighted by Gasteiger charge is 2.45. The van der Waals surface area contributed by atoms with Crippen LogP contribution in [0, 0.1) is 0 Å². The maximum atomic E-state index is 12.6. The van der Waals surface area contributed by atoms with Gasteiger partial charge in [-0.2, -0.15) is 0 Å². The largest absolute Gasteiger partial charge is 0.493 e. The minimum absolute atomic E-state index is 0.0105. The van der Waals surface area contributed by atoms with Crippen molar-refractivity contribution in [3.8, 4) is 11.5 Å². The first-order valence-electron chi connectivity index (χ1n) is 10.6. The van der Waals surface area contributed by atoms with E-state index in [9.17, 15) is 30.3 Å². The van der Waals surface area contributed by atoms with E-state index >= 15 is 0 Å². The monoisotopic (exact) mass is 492 g/mol. The maximum Gasteiger partial charge on any atom is 0.376 e. The van der Waals surface area contributed by atoms with Gasteiger partial charge < -0.3 is 49.2 Å². The predicted octanol–water partition coefficient (Wildman–Crippen LogP) is -0.121. The second kappa shape index (κ2) is 11.6. The van der Waals surface area contributed by atoms with Crippen LogP contribution in [0.15, 0.2) is 54.8 Å². The van der Waals surface area contributed by atoms with Gasteiger partial charge in [-0.3, -0.25) is 0 Å². The first kappa shape index (κ1) is 26.6. The molecule has 0 radical (unpaired) electrons. The van der Waals surface area contributed by atoms with E-state index in [-0.39, 0.29) is 17.1 Å². The van der Waals surface area contributed by atoms with Crippen LogP contribution in [0.3, 0.4) is 0 Å². The van der Waals surface area contributed by atoms with Gasteiger partial charge >= 0.3 is 5.97 Å². The van der Waals surface area contributed by atoms with Crippen LogP contribution < -0.4 is 9.47 Å². The molecule has 0 aromatic heterocycles. The van der Waals surface area contributed by atoms with Gasteiger partial charge in [0.15, 0.2) is 11.5 Å². The summed E-state index contributed by atoms with van der Waals surface area (Å²) in [5.41, 5.74) is 0.730. The highest BCUT2D eigenvalue weighted by molar-refractivity contribution is 5.80. The normalized spacial score (nSPS) is 26.2. The Morgan fingerprint density at radius 1 is 1.03 bits per heavy atom. The highest BCUT2D eigenvalue weighted by atomic mass is 16.7. The second-order valence-electron chi connectivity index (χ2n) is 7.65. The molecule has 2 aromatic rings. The van der Waals surface area contributed by atoms with Crippen LogP contribution in [0.25, 0.3) is 6.08 Å². The van der Waals surface area contributed by atoms with Gasteiger partial charge in [-0.1, -0.05) is 30.3 Å². The molecule has 1 saturated heterocycles. The van der Waals surface area contributed by atoms with Crippen LogP contribution in [-0.2, 0) is 24.8 Å². The van der Waals surface area contributed by atoms with E-state index in [0.717, 1.165) is 18.9 Å². The summed E-state index contributed by atoms with van der Waals surface area (Å²) in [5, 5.41) is 50.3. The van der Waals surface area contributed by atoms with E-state index in [1.165, 1.54) is 31.4 Å². The van der Waals surface area contributed by atoms with E-state index in [4.69, 9.17) is 23.7 Å². The quantitative estimate of drug-likeness (QED) is 0.180. The summed E-state index contributed by atoms with van der Waals surface area (Å²) in [7, 11) is 2.42. The average Bonchev–Trinajstić information content (AvgIpc) is 2.89. The fourth-order valence-corrected chi connectivity index (χ4v) is 3.40. The molecule has 0 aliphatic carbocycles. The molecule has 3 rings (SSSR count). The third-order valence-electron chi connectivity index (χ3n) is 5.45. The molecule has 1 fully saturated rings. The van der Waals surface area contributed by atoms with Crippen molar-refractivity contribution in [3.05, 3.63) is 65.9 Å². The summed E-state index contributed by atoms with van der Waals surface area (Å²) in [4.78, 5) is 12.6. The number of carbonyl (C=O) groups excluding carboxylic acids is 1. The van der Waals surface area contributed by atoms with Crippen LogP contribution in [0.5, 0.6) is 11.5 Å². The van der Waals surface area contributed by atoms with E-state index in [1.54, 1.807) is 12.1 Å². The number of aliphatic hydroxyl groups is 5.